The van der Waals surface area contributed by atoms with E-state index in [2.05, 4.69) is 37.3 Å². The number of nitrogens with one attached hydrogen (secondary N) is 2. The van der Waals surface area contributed by atoms with Gasteiger partial charge in [0, 0.05) is 6.54 Å². The van der Waals surface area contributed by atoms with Crippen LogP contribution >= 0.6 is 12.6 Å². The van der Waals surface area contributed by atoms with Crippen molar-refractivity contribution in [3.05, 3.63) is 0 Å². The summed E-state index contributed by atoms with van der Waals surface area (Å²) in [6.45, 7) is 4.88. The molecule has 4 heteroatoms. The number of hydrogen-bond donors (Lipinski definition) is 3. The van der Waals surface area contributed by atoms with Gasteiger partial charge in [0.1, 0.15) is 0 Å². The third kappa shape index (κ3) is 7.78. The third-order valence-corrected chi connectivity index (χ3v) is 0.817. The molecule has 0 aliphatic heterocycles. The Bertz CT molecular complexity index is 95.0. The number of thiol groups is 1. The Morgan fingerprint density at radius 1 is 1.67 bits per heavy atom. The van der Waals surface area contributed by atoms with E-state index in [1.165, 1.54) is 0 Å². The Morgan fingerprint density at radius 2 is 2.22 bits per heavy atom. The SMILES string of the molecule is CC(C)CNNC(=O)S. The maximum atomic E-state index is 10.1. The summed E-state index contributed by atoms with van der Waals surface area (Å²) in [5, 5.41) is -0.351. The average molecular weight is 148 g/mol. The lowest BCUT2D eigenvalue weighted by atomic mass is 10.2. The van der Waals surface area contributed by atoms with Crippen LogP contribution in [0.2, 0.25) is 0 Å². The lowest BCUT2D eigenvalue weighted by molar-refractivity contribution is 0.256. The van der Waals surface area contributed by atoms with E-state index in [9.17, 15) is 4.79 Å². The Kier molecular flexibility index (Phi) is 4.53. The highest BCUT2D eigenvalue weighted by Gasteiger charge is 1.92. The highest BCUT2D eigenvalue weighted by molar-refractivity contribution is 7.96. The van der Waals surface area contributed by atoms with Gasteiger partial charge in [0.2, 0.25) is 0 Å². The van der Waals surface area contributed by atoms with Crippen LogP contribution < -0.4 is 10.9 Å². The predicted octanol–water partition coefficient (Wildman–Crippen LogP) is 0.786. The molecule has 0 fully saturated rings. The van der Waals surface area contributed by atoms with Crippen LogP contribution in [0.15, 0.2) is 0 Å². The van der Waals surface area contributed by atoms with Gasteiger partial charge >= 0.3 is 0 Å². The second-order valence-corrected chi connectivity index (χ2v) is 2.61. The maximum Gasteiger partial charge on any atom is 0.290 e. The fourth-order valence-electron chi connectivity index (χ4n) is 0.331. The monoisotopic (exact) mass is 148 g/mol. The number of amides is 1. The lowest BCUT2D eigenvalue weighted by Crippen LogP contribution is -2.36. The molecule has 0 saturated heterocycles. The van der Waals surface area contributed by atoms with Gasteiger partial charge in [-0.15, -0.1) is 0 Å². The summed E-state index contributed by atoms with van der Waals surface area (Å²) in [5.41, 5.74) is 5.06. The predicted molar refractivity (Wildman–Crippen MR) is 40.4 cm³/mol. The number of rotatable bonds is 3. The van der Waals surface area contributed by atoms with Crippen LogP contribution in [0.25, 0.3) is 0 Å². The average Bonchev–Trinajstić information content (AvgIpc) is 1.63. The summed E-state index contributed by atoms with van der Waals surface area (Å²) in [4.78, 5) is 10.1. The van der Waals surface area contributed by atoms with Gasteiger partial charge in [-0.2, -0.15) is 0 Å². The molecule has 0 atom stereocenters. The molecule has 54 valence electrons. The molecule has 0 heterocycles. The molecule has 1 amide bonds. The lowest BCUT2D eigenvalue weighted by Gasteiger charge is -2.05. The smallest absolute Gasteiger partial charge is 0.283 e. The van der Waals surface area contributed by atoms with Gasteiger partial charge in [-0.25, -0.2) is 5.43 Å². The summed E-state index contributed by atoms with van der Waals surface area (Å²) >= 11 is 3.49. The minimum atomic E-state index is -0.351. The first-order valence-electron chi connectivity index (χ1n) is 2.84. The minimum Gasteiger partial charge on any atom is -0.283 e. The van der Waals surface area contributed by atoms with Crippen LogP contribution in [-0.2, 0) is 0 Å². The van der Waals surface area contributed by atoms with Gasteiger partial charge < -0.3 is 0 Å². The summed E-state index contributed by atoms with van der Waals surface area (Å²) < 4.78 is 0. The van der Waals surface area contributed by atoms with Gasteiger partial charge in [-0.05, 0) is 5.92 Å². The highest BCUT2D eigenvalue weighted by Crippen LogP contribution is 1.85. The van der Waals surface area contributed by atoms with Crippen molar-refractivity contribution >= 4 is 17.9 Å². The molecule has 0 saturated carbocycles. The Balaban J connectivity index is 3.01. The van der Waals surface area contributed by atoms with Crippen molar-refractivity contribution in [2.75, 3.05) is 6.54 Å². The summed E-state index contributed by atoms with van der Waals surface area (Å²) in [6.07, 6.45) is 0. The molecule has 0 unspecified atom stereocenters. The van der Waals surface area contributed by atoms with Crippen molar-refractivity contribution < 1.29 is 4.79 Å². The van der Waals surface area contributed by atoms with E-state index in [4.69, 9.17) is 0 Å². The molecule has 9 heavy (non-hydrogen) atoms. The van der Waals surface area contributed by atoms with Gasteiger partial charge in [0.05, 0.1) is 0 Å². The Labute approximate surface area is 60.6 Å². The summed E-state index contributed by atoms with van der Waals surface area (Å²) in [7, 11) is 0. The van der Waals surface area contributed by atoms with Crippen LogP contribution in [0.1, 0.15) is 13.8 Å². The Morgan fingerprint density at radius 3 is 2.56 bits per heavy atom. The first-order chi connectivity index (χ1) is 4.13. The molecule has 0 bridgehead atoms. The van der Waals surface area contributed by atoms with E-state index in [1.54, 1.807) is 0 Å². The van der Waals surface area contributed by atoms with Crippen molar-refractivity contribution in [2.24, 2.45) is 5.92 Å². The second kappa shape index (κ2) is 4.64. The van der Waals surface area contributed by atoms with Crippen molar-refractivity contribution in [3.8, 4) is 0 Å². The Hall–Kier alpha value is -0.220. The zero-order valence-electron chi connectivity index (χ0n) is 5.64. The summed E-state index contributed by atoms with van der Waals surface area (Å²) in [5.74, 6) is 0.533. The van der Waals surface area contributed by atoms with Gasteiger partial charge in [0.15, 0.2) is 0 Å². The van der Waals surface area contributed by atoms with E-state index in [0.29, 0.717) is 5.92 Å². The molecule has 0 aromatic rings. The number of hydrogen-bond acceptors (Lipinski definition) is 2. The molecule has 0 aromatic carbocycles. The van der Waals surface area contributed by atoms with Gasteiger partial charge in [0.25, 0.3) is 5.24 Å². The molecule has 3 nitrogen and oxygen atoms in total. The molecular weight excluding hydrogens is 136 g/mol. The van der Waals surface area contributed by atoms with Crippen LogP contribution in [0.5, 0.6) is 0 Å². The van der Waals surface area contributed by atoms with Crippen LogP contribution in [0, 0.1) is 5.92 Å². The van der Waals surface area contributed by atoms with E-state index < -0.39 is 0 Å². The molecule has 2 N–H and O–H groups in total. The van der Waals surface area contributed by atoms with Crippen LogP contribution in [0.3, 0.4) is 0 Å². The molecule has 0 spiro atoms. The van der Waals surface area contributed by atoms with E-state index in [-0.39, 0.29) is 5.24 Å². The van der Waals surface area contributed by atoms with Gasteiger partial charge in [-0.1, -0.05) is 26.5 Å². The quantitative estimate of drug-likeness (QED) is 0.409. The topological polar surface area (TPSA) is 41.1 Å². The second-order valence-electron chi connectivity index (χ2n) is 2.20. The number of hydrazine groups is 1. The van der Waals surface area contributed by atoms with Crippen LogP contribution in [-0.4, -0.2) is 11.8 Å². The summed E-state index contributed by atoms with van der Waals surface area (Å²) in [6, 6.07) is 0. The van der Waals surface area contributed by atoms with Crippen LogP contribution in [0.4, 0.5) is 4.79 Å². The van der Waals surface area contributed by atoms with E-state index >= 15 is 0 Å². The molecule has 0 aliphatic carbocycles. The van der Waals surface area contributed by atoms with Crippen molar-refractivity contribution in [2.45, 2.75) is 13.8 Å². The minimum absolute atomic E-state index is 0.351. The fourth-order valence-corrected chi connectivity index (χ4v) is 0.410. The van der Waals surface area contributed by atoms with Crippen molar-refractivity contribution in [3.63, 3.8) is 0 Å². The molecule has 0 aromatic heterocycles. The first-order valence-corrected chi connectivity index (χ1v) is 3.29. The van der Waals surface area contributed by atoms with Gasteiger partial charge in [-0.3, -0.25) is 10.2 Å². The zero-order valence-corrected chi connectivity index (χ0v) is 6.53. The molecule has 0 radical (unpaired) electrons. The standard InChI is InChI=1S/C5H12N2OS/c1-4(2)3-6-7-5(8)9/h4,6H,3H2,1-2H3,(H2,7,8,9). The van der Waals surface area contributed by atoms with Crippen molar-refractivity contribution in [1.29, 1.82) is 0 Å². The number of carbonyl (C=O) groups is 1. The third-order valence-electron chi connectivity index (χ3n) is 0.706. The molecule has 0 rings (SSSR count). The molecule has 0 aliphatic rings. The normalized spacial score (nSPS) is 9.78. The van der Waals surface area contributed by atoms with Crippen molar-refractivity contribution in [1.82, 2.24) is 10.9 Å². The number of carbonyl (C=O) groups excluding carboxylic acids is 1. The first kappa shape index (κ1) is 8.78. The molecular formula is C5H12N2OS. The fraction of sp³-hybridized carbons (Fsp3) is 0.800. The van der Waals surface area contributed by atoms with E-state index in [0.717, 1.165) is 6.54 Å². The van der Waals surface area contributed by atoms with E-state index in [1.807, 2.05) is 0 Å². The highest BCUT2D eigenvalue weighted by atomic mass is 32.1. The zero-order chi connectivity index (χ0) is 7.28. The maximum absolute atomic E-state index is 10.1. The largest absolute Gasteiger partial charge is 0.290 e.